The molecule has 0 aromatic heterocycles. The molecule has 0 saturated carbocycles. The fourth-order valence-electron chi connectivity index (χ4n) is 2.71. The molecule has 0 spiro atoms. The van der Waals surface area contributed by atoms with Gasteiger partial charge in [0.05, 0.1) is 34.5 Å². The van der Waals surface area contributed by atoms with Crippen LogP contribution in [0.25, 0.3) is 0 Å². The zero-order chi connectivity index (χ0) is 22.9. The van der Waals surface area contributed by atoms with Gasteiger partial charge in [0.25, 0.3) is 5.91 Å². The van der Waals surface area contributed by atoms with Gasteiger partial charge in [-0.2, -0.15) is 10.4 Å². The third-order valence-electron chi connectivity index (χ3n) is 4.30. The van der Waals surface area contributed by atoms with Gasteiger partial charge in [0.15, 0.2) is 11.5 Å². The molecule has 0 fully saturated rings. The Balaban J connectivity index is 1.65. The average molecular weight is 468 g/mol. The summed E-state index contributed by atoms with van der Waals surface area (Å²) in [5, 5.41) is 13.8. The largest absolute Gasteiger partial charge is 0.490 e. The monoisotopic (exact) mass is 467 g/mol. The summed E-state index contributed by atoms with van der Waals surface area (Å²) < 4.78 is 11.6. The Labute approximate surface area is 196 Å². The fraction of sp³-hybridized carbons (Fsp3) is 0.125. The minimum Gasteiger partial charge on any atom is -0.490 e. The van der Waals surface area contributed by atoms with Gasteiger partial charge in [-0.15, -0.1) is 0 Å². The first-order valence-electron chi connectivity index (χ1n) is 9.67. The molecule has 0 aliphatic carbocycles. The lowest BCUT2D eigenvalue weighted by atomic mass is 10.1. The lowest BCUT2D eigenvalue weighted by Crippen LogP contribution is -2.17. The second-order valence-electron chi connectivity index (χ2n) is 6.56. The molecular weight excluding hydrogens is 449 g/mol. The minimum atomic E-state index is -0.377. The maximum atomic E-state index is 12.2. The van der Waals surface area contributed by atoms with Crippen molar-refractivity contribution >= 4 is 35.3 Å². The second-order valence-corrected chi connectivity index (χ2v) is 7.38. The molecule has 1 N–H and O–H groups in total. The first-order valence-corrected chi connectivity index (χ1v) is 10.4. The van der Waals surface area contributed by atoms with Crippen molar-refractivity contribution in [2.24, 2.45) is 5.10 Å². The van der Waals surface area contributed by atoms with Crippen LogP contribution in [0.3, 0.4) is 0 Å². The highest BCUT2D eigenvalue weighted by atomic mass is 35.5. The Morgan fingerprint density at radius 3 is 2.50 bits per heavy atom. The van der Waals surface area contributed by atoms with Crippen molar-refractivity contribution < 1.29 is 14.3 Å². The lowest BCUT2D eigenvalue weighted by Gasteiger charge is -2.13. The number of hydrogen-bond acceptors (Lipinski definition) is 5. The molecule has 0 aliphatic heterocycles. The number of ether oxygens (including phenoxy) is 2. The summed E-state index contributed by atoms with van der Waals surface area (Å²) in [6.07, 6.45) is 1.51. The first kappa shape index (κ1) is 23.1. The Hall–Kier alpha value is -3.53. The summed E-state index contributed by atoms with van der Waals surface area (Å²) in [6, 6.07) is 18.9. The van der Waals surface area contributed by atoms with Crippen molar-refractivity contribution in [3.63, 3.8) is 0 Å². The summed E-state index contributed by atoms with van der Waals surface area (Å²) in [5.41, 5.74) is 4.94. The molecule has 8 heteroatoms. The van der Waals surface area contributed by atoms with Crippen LogP contribution in [0.2, 0.25) is 10.0 Å². The van der Waals surface area contributed by atoms with Gasteiger partial charge in [0.1, 0.15) is 6.61 Å². The van der Waals surface area contributed by atoms with Gasteiger partial charge in [-0.25, -0.2) is 5.43 Å². The molecule has 0 radical (unpaired) electrons. The Kier molecular flexibility index (Phi) is 8.09. The van der Waals surface area contributed by atoms with Crippen LogP contribution in [-0.2, 0) is 6.61 Å². The fourth-order valence-corrected chi connectivity index (χ4v) is 3.03. The van der Waals surface area contributed by atoms with Crippen LogP contribution in [0.15, 0.2) is 65.8 Å². The predicted octanol–water partition coefficient (Wildman–Crippen LogP) is 5.61. The van der Waals surface area contributed by atoms with E-state index in [-0.39, 0.29) is 5.91 Å². The van der Waals surface area contributed by atoms with E-state index in [2.05, 4.69) is 10.5 Å². The molecule has 32 heavy (non-hydrogen) atoms. The molecule has 0 aliphatic rings. The van der Waals surface area contributed by atoms with E-state index in [1.165, 1.54) is 6.21 Å². The molecule has 0 bridgehead atoms. The summed E-state index contributed by atoms with van der Waals surface area (Å²) in [7, 11) is 0. The van der Waals surface area contributed by atoms with Gasteiger partial charge in [-0.1, -0.05) is 29.3 Å². The van der Waals surface area contributed by atoms with E-state index >= 15 is 0 Å². The normalized spacial score (nSPS) is 10.6. The van der Waals surface area contributed by atoms with Gasteiger partial charge in [0, 0.05) is 5.56 Å². The van der Waals surface area contributed by atoms with Crippen LogP contribution in [-0.4, -0.2) is 18.7 Å². The molecule has 3 aromatic carbocycles. The Bertz CT molecular complexity index is 1170. The maximum absolute atomic E-state index is 12.2. The van der Waals surface area contributed by atoms with E-state index < -0.39 is 0 Å². The van der Waals surface area contributed by atoms with Gasteiger partial charge in [0.2, 0.25) is 0 Å². The van der Waals surface area contributed by atoms with Gasteiger partial charge in [-0.05, 0) is 72.6 Å². The van der Waals surface area contributed by atoms with Crippen LogP contribution >= 0.6 is 23.2 Å². The molecule has 162 valence electrons. The van der Waals surface area contributed by atoms with E-state index in [1.807, 2.05) is 19.1 Å². The molecule has 3 aromatic rings. The van der Waals surface area contributed by atoms with Crippen LogP contribution < -0.4 is 14.9 Å². The van der Waals surface area contributed by atoms with Crippen molar-refractivity contribution in [1.82, 2.24) is 5.43 Å². The number of rotatable bonds is 8. The summed E-state index contributed by atoms with van der Waals surface area (Å²) in [6.45, 7) is 2.63. The quantitative estimate of drug-likeness (QED) is 0.344. The summed E-state index contributed by atoms with van der Waals surface area (Å²) in [4.78, 5) is 12.2. The van der Waals surface area contributed by atoms with E-state index in [0.29, 0.717) is 45.9 Å². The number of carbonyl (C=O) groups excluding carboxylic acids is 1. The molecular formula is C24H19Cl2N3O3. The van der Waals surface area contributed by atoms with Crippen molar-refractivity contribution in [3.8, 4) is 17.6 Å². The molecule has 0 atom stereocenters. The van der Waals surface area contributed by atoms with Crippen LogP contribution in [0.1, 0.15) is 34.0 Å². The molecule has 6 nitrogen and oxygen atoms in total. The predicted molar refractivity (Wildman–Crippen MR) is 125 cm³/mol. The third-order valence-corrected chi connectivity index (χ3v) is 5.04. The van der Waals surface area contributed by atoms with Crippen LogP contribution in [0.5, 0.6) is 11.5 Å². The number of benzene rings is 3. The smallest absolute Gasteiger partial charge is 0.271 e. The lowest BCUT2D eigenvalue weighted by molar-refractivity contribution is 0.0955. The van der Waals surface area contributed by atoms with Crippen LogP contribution in [0.4, 0.5) is 0 Å². The molecule has 3 rings (SSSR count). The van der Waals surface area contributed by atoms with Crippen molar-refractivity contribution in [1.29, 1.82) is 5.26 Å². The second kappa shape index (κ2) is 11.2. The average Bonchev–Trinajstić information content (AvgIpc) is 2.81. The highest BCUT2D eigenvalue weighted by Gasteiger charge is 2.08. The zero-order valence-electron chi connectivity index (χ0n) is 17.1. The number of hydrogen-bond donors (Lipinski definition) is 1. The molecule has 0 saturated heterocycles. The van der Waals surface area contributed by atoms with E-state index in [4.69, 9.17) is 37.9 Å². The van der Waals surface area contributed by atoms with Gasteiger partial charge in [-0.3, -0.25) is 4.79 Å². The van der Waals surface area contributed by atoms with Crippen molar-refractivity contribution in [2.45, 2.75) is 13.5 Å². The minimum absolute atomic E-state index is 0.297. The topological polar surface area (TPSA) is 83.7 Å². The maximum Gasteiger partial charge on any atom is 0.271 e. The van der Waals surface area contributed by atoms with Crippen LogP contribution in [0, 0.1) is 11.3 Å². The van der Waals surface area contributed by atoms with Crippen molar-refractivity contribution in [2.75, 3.05) is 6.61 Å². The number of amides is 1. The van der Waals surface area contributed by atoms with E-state index in [0.717, 1.165) is 11.1 Å². The number of hydrazone groups is 1. The zero-order valence-corrected chi connectivity index (χ0v) is 18.7. The number of nitriles is 1. The number of nitrogens with one attached hydrogen (secondary N) is 1. The Morgan fingerprint density at radius 2 is 1.81 bits per heavy atom. The molecule has 1 amide bonds. The number of halogens is 2. The summed E-state index contributed by atoms with van der Waals surface area (Å²) >= 11 is 12.0. The summed E-state index contributed by atoms with van der Waals surface area (Å²) in [5.74, 6) is 0.740. The number of nitrogens with zero attached hydrogens (tertiary/aromatic N) is 2. The van der Waals surface area contributed by atoms with Crippen molar-refractivity contribution in [3.05, 3.63) is 93.0 Å². The van der Waals surface area contributed by atoms with Gasteiger partial charge >= 0.3 is 0 Å². The first-order chi connectivity index (χ1) is 15.5. The number of carbonyl (C=O) groups is 1. The van der Waals surface area contributed by atoms with E-state index in [9.17, 15) is 4.79 Å². The molecule has 0 heterocycles. The standard InChI is InChI=1S/C24H19Cl2N3O3/c1-2-31-23-12-17(14-28-29-24(30)19-7-3-16(13-27)4-8-19)6-10-22(23)32-15-18-5-9-20(25)21(26)11-18/h3-12,14H,2,15H2,1H3,(H,29,30)/b28-14-. The van der Waals surface area contributed by atoms with E-state index in [1.54, 1.807) is 54.6 Å². The SMILES string of the molecule is CCOc1cc(/C=N\NC(=O)c2ccc(C#N)cc2)ccc1OCc1ccc(Cl)c(Cl)c1. The molecule has 0 unspecified atom stereocenters. The highest BCUT2D eigenvalue weighted by molar-refractivity contribution is 6.42. The van der Waals surface area contributed by atoms with Gasteiger partial charge < -0.3 is 9.47 Å². The Morgan fingerprint density at radius 1 is 1.03 bits per heavy atom. The third kappa shape index (κ3) is 6.24. The highest BCUT2D eigenvalue weighted by Crippen LogP contribution is 2.30.